The van der Waals surface area contributed by atoms with Crippen LogP contribution in [0, 0.1) is 0 Å². The van der Waals surface area contributed by atoms with Gasteiger partial charge in [0.15, 0.2) is 0 Å². The monoisotopic (exact) mass is 206 g/mol. The second-order valence-electron chi connectivity index (χ2n) is 2.68. The topological polar surface area (TPSA) is 35.0 Å². The molecule has 2 nitrogen and oxygen atoms in total. The normalized spacial score (nSPS) is 7.50. The lowest BCUT2D eigenvalue weighted by Gasteiger charge is -2.14. The van der Waals surface area contributed by atoms with Gasteiger partial charge in [-0.15, -0.1) is 12.4 Å². The first-order valence-corrected chi connectivity index (χ1v) is 1.79. The molecule has 0 fully saturated rings. The largest absolute Gasteiger partial charge is 1.00 e. The molecule has 0 aromatic heterocycles. The van der Waals surface area contributed by atoms with Crippen LogP contribution in [-0.4, -0.2) is 32.7 Å². The van der Waals surface area contributed by atoms with Crippen LogP contribution in [0.3, 0.4) is 0 Å². The molecule has 0 bridgehead atoms. The lowest BCUT2D eigenvalue weighted by Crippen LogP contribution is -3.00. The number of hydrogen-bond acceptors (Lipinski definition) is 1. The second kappa shape index (κ2) is 7.69. The maximum atomic E-state index is 2.12. The van der Waals surface area contributed by atoms with Crippen LogP contribution in [-0.2, 0) is 0 Å². The van der Waals surface area contributed by atoms with Crippen molar-refractivity contribution in [3.63, 3.8) is 0 Å². The maximum absolute atomic E-state index is 2.12. The van der Waals surface area contributed by atoms with Crippen LogP contribution >= 0.6 is 12.4 Å². The summed E-state index contributed by atoms with van der Waals surface area (Å²) in [5.41, 5.74) is 0. The van der Waals surface area contributed by atoms with Crippen molar-refractivity contribution in [3.8, 4) is 0 Å². The number of halogens is 2. The average molecular weight is 208 g/mol. The number of quaternary nitrogens is 1. The fourth-order valence-corrected chi connectivity index (χ4v) is 0. The van der Waals surface area contributed by atoms with Crippen LogP contribution in [0.1, 0.15) is 0 Å². The summed E-state index contributed by atoms with van der Waals surface area (Å²) in [6, 6.07) is 0. The Morgan fingerprint density at radius 1 is 0.875 bits per heavy atom. The van der Waals surface area contributed by atoms with E-state index in [-0.39, 0.29) is 35.5 Å². The highest BCUT2D eigenvalue weighted by Gasteiger charge is 1.88. The van der Waals surface area contributed by atoms with Crippen molar-refractivity contribution in [2.75, 3.05) is 28.2 Å². The molecule has 0 saturated heterocycles. The molecule has 4 heteroatoms. The summed E-state index contributed by atoms with van der Waals surface area (Å²) >= 11 is 0. The highest BCUT2D eigenvalue weighted by Crippen LogP contribution is 1.73. The van der Waals surface area contributed by atoms with Gasteiger partial charge in [0, 0.05) is 0 Å². The summed E-state index contributed by atoms with van der Waals surface area (Å²) in [5, 5.41) is 0. The molecule has 0 saturated carbocycles. The molecule has 0 atom stereocenters. The second-order valence-corrected chi connectivity index (χ2v) is 2.68. The predicted molar refractivity (Wildman–Crippen MR) is 36.2 cm³/mol. The number of hydrogen-bond donors (Lipinski definition) is 1. The van der Waals surface area contributed by atoms with Gasteiger partial charge in [-0.3, -0.25) is 0 Å². The Morgan fingerprint density at radius 3 is 0.875 bits per heavy atom. The molecule has 3 N–H and O–H groups in total. The fourth-order valence-electron chi connectivity index (χ4n) is 0. The first-order valence-electron chi connectivity index (χ1n) is 1.79. The first kappa shape index (κ1) is 23.4. The Hall–Kier alpha value is 0.690. The predicted octanol–water partition coefficient (Wildman–Crippen LogP) is -2.09. The molecule has 8 heavy (non-hydrogen) atoms. The van der Waals surface area contributed by atoms with Crippen LogP contribution < -0.4 is 23.1 Å². The molecule has 0 heterocycles. The summed E-state index contributed by atoms with van der Waals surface area (Å²) in [6.45, 7) is 0. The van der Waals surface area contributed by atoms with Gasteiger partial charge in [-0.2, -0.15) is 0 Å². The molecule has 0 aliphatic rings. The van der Waals surface area contributed by atoms with E-state index in [2.05, 4.69) is 28.2 Å². The van der Waals surface area contributed by atoms with E-state index in [4.69, 9.17) is 0 Å². The van der Waals surface area contributed by atoms with E-state index < -0.39 is 0 Å². The lowest BCUT2D eigenvalue weighted by atomic mass is 10.8. The zero-order valence-corrected chi connectivity index (χ0v) is 8.34. The molecular formula is C4H16BrClN2. The molecule has 0 amide bonds. The van der Waals surface area contributed by atoms with E-state index in [0.29, 0.717) is 0 Å². The van der Waals surface area contributed by atoms with Crippen molar-refractivity contribution in [3.05, 3.63) is 0 Å². The smallest absolute Gasteiger partial charge is 0.0675 e. The summed E-state index contributed by atoms with van der Waals surface area (Å²) < 4.78 is 1.00. The van der Waals surface area contributed by atoms with Crippen LogP contribution in [0.25, 0.3) is 0 Å². The molecule has 0 aliphatic heterocycles. The van der Waals surface area contributed by atoms with Crippen molar-refractivity contribution in [2.45, 2.75) is 0 Å². The van der Waals surface area contributed by atoms with E-state index in [9.17, 15) is 0 Å². The van der Waals surface area contributed by atoms with Gasteiger partial charge in [0.25, 0.3) is 0 Å². The van der Waals surface area contributed by atoms with Gasteiger partial charge in [-0.25, -0.2) is 0 Å². The zero-order valence-electron chi connectivity index (χ0n) is 5.94. The number of rotatable bonds is 0. The van der Waals surface area contributed by atoms with Gasteiger partial charge in [-0.05, 0) is 0 Å². The Morgan fingerprint density at radius 2 is 0.875 bits per heavy atom. The minimum absolute atomic E-state index is 0. The summed E-state index contributed by atoms with van der Waals surface area (Å²) in [7, 11) is 8.50. The highest BCUT2D eigenvalue weighted by atomic mass is 79.9. The van der Waals surface area contributed by atoms with Gasteiger partial charge in [0.2, 0.25) is 0 Å². The molecule has 56 valence electrons. The lowest BCUT2D eigenvalue weighted by molar-refractivity contribution is -0.849. The van der Waals surface area contributed by atoms with Gasteiger partial charge < -0.3 is 27.6 Å². The summed E-state index contributed by atoms with van der Waals surface area (Å²) in [5.74, 6) is 0. The Balaban J connectivity index is -0.0000000267. The van der Waals surface area contributed by atoms with Crippen molar-refractivity contribution < 1.29 is 21.5 Å². The molecule has 0 aliphatic carbocycles. The Labute approximate surface area is 68.6 Å². The first-order chi connectivity index (χ1) is 2.00. The van der Waals surface area contributed by atoms with Gasteiger partial charge >= 0.3 is 0 Å². The van der Waals surface area contributed by atoms with E-state index in [1.54, 1.807) is 0 Å². The van der Waals surface area contributed by atoms with Crippen LogP contribution in [0.2, 0.25) is 0 Å². The van der Waals surface area contributed by atoms with Gasteiger partial charge in [0.1, 0.15) is 0 Å². The van der Waals surface area contributed by atoms with Crippen molar-refractivity contribution >= 4 is 12.4 Å². The third-order valence-corrected chi connectivity index (χ3v) is 0. The van der Waals surface area contributed by atoms with Crippen LogP contribution in [0.15, 0.2) is 0 Å². The molecule has 0 aromatic rings. The molecule has 0 aromatic carbocycles. The Kier molecular flexibility index (Phi) is 22.5. The highest BCUT2D eigenvalue weighted by molar-refractivity contribution is 5.85. The molecule has 0 rings (SSSR count). The van der Waals surface area contributed by atoms with Crippen molar-refractivity contribution in [2.24, 2.45) is 0 Å². The van der Waals surface area contributed by atoms with E-state index in [1.165, 1.54) is 0 Å². The SMILES string of the molecule is C[N+](C)(C)C.Cl.N.[Br-]. The van der Waals surface area contributed by atoms with Crippen LogP contribution in [0.4, 0.5) is 0 Å². The minimum Gasteiger partial charge on any atom is -1.00 e. The van der Waals surface area contributed by atoms with Crippen molar-refractivity contribution in [1.82, 2.24) is 6.15 Å². The Bertz CT molecular complexity index is 29.5. The van der Waals surface area contributed by atoms with E-state index in [1.807, 2.05) is 0 Å². The van der Waals surface area contributed by atoms with E-state index in [0.717, 1.165) is 4.48 Å². The third-order valence-electron chi connectivity index (χ3n) is 0. The summed E-state index contributed by atoms with van der Waals surface area (Å²) in [6.07, 6.45) is 0. The zero-order chi connectivity index (χ0) is 4.50. The van der Waals surface area contributed by atoms with Gasteiger partial charge in [-0.1, -0.05) is 0 Å². The quantitative estimate of drug-likeness (QED) is 0.455. The number of nitrogens with zero attached hydrogens (tertiary/aromatic N) is 1. The minimum atomic E-state index is 0. The molecule has 0 spiro atoms. The fraction of sp³-hybridized carbons (Fsp3) is 1.00. The van der Waals surface area contributed by atoms with Gasteiger partial charge in [0.05, 0.1) is 28.2 Å². The van der Waals surface area contributed by atoms with E-state index >= 15 is 0 Å². The molecular weight excluding hydrogens is 191 g/mol. The standard InChI is InChI=1S/C4H12N.BrH.ClH.H3N/c1-5(2,3)4;;;/h1-4H3;2*1H;1H3/q+1;;;/p-1. The van der Waals surface area contributed by atoms with Crippen LogP contribution in [0.5, 0.6) is 0 Å². The van der Waals surface area contributed by atoms with Crippen molar-refractivity contribution in [1.29, 1.82) is 0 Å². The molecule has 0 radical (unpaired) electrons. The third kappa shape index (κ3) is 455. The molecule has 0 unspecified atom stereocenters. The average Bonchev–Trinajstić information content (AvgIpc) is 0.722. The maximum Gasteiger partial charge on any atom is 0.0675 e. The summed E-state index contributed by atoms with van der Waals surface area (Å²) in [4.78, 5) is 0.